The van der Waals surface area contributed by atoms with Crippen LogP contribution in [0.4, 0.5) is 10.5 Å². The van der Waals surface area contributed by atoms with E-state index in [0.29, 0.717) is 11.3 Å². The third-order valence-corrected chi connectivity index (χ3v) is 4.41. The average Bonchev–Trinajstić information content (AvgIpc) is 2.61. The summed E-state index contributed by atoms with van der Waals surface area (Å²) in [5.74, 6) is -0.973. The lowest BCUT2D eigenvalue weighted by atomic mass is 10.1. The van der Waals surface area contributed by atoms with Gasteiger partial charge < -0.3 is 4.74 Å². The zero-order valence-electron chi connectivity index (χ0n) is 13.5. The van der Waals surface area contributed by atoms with Gasteiger partial charge in [-0.25, -0.2) is 9.69 Å². The number of hydrogen-bond donors (Lipinski definition) is 1. The Kier molecular flexibility index (Phi) is 4.97. The van der Waals surface area contributed by atoms with Crippen LogP contribution in [-0.4, -0.2) is 25.0 Å². The molecular formula is C18H12Cl2N2O4. The number of nitrogens with one attached hydrogen (secondary N) is 1. The molecule has 1 fully saturated rings. The molecule has 1 aliphatic rings. The molecule has 0 spiro atoms. The molecule has 1 aliphatic heterocycles. The number of hydrogen-bond acceptors (Lipinski definition) is 4. The van der Waals surface area contributed by atoms with Crippen molar-refractivity contribution in [2.45, 2.75) is 0 Å². The van der Waals surface area contributed by atoms with Gasteiger partial charge in [0.2, 0.25) is 0 Å². The molecule has 0 saturated carbocycles. The standard InChI is InChI=1S/C18H12Cl2N2O4/c1-26-12-4-2-3-10(7-12)8-13-16(23)21-18(25)22(17(13)24)11-5-6-14(19)15(20)9-11/h2-9H,1H3,(H,21,23,25)/b13-8+. The molecule has 1 saturated heterocycles. The van der Waals surface area contributed by atoms with Crippen molar-refractivity contribution in [2.75, 3.05) is 12.0 Å². The Morgan fingerprint density at radius 3 is 2.50 bits per heavy atom. The van der Waals surface area contributed by atoms with E-state index in [-0.39, 0.29) is 21.3 Å². The van der Waals surface area contributed by atoms with E-state index in [0.717, 1.165) is 4.90 Å². The van der Waals surface area contributed by atoms with Crippen LogP contribution in [0.1, 0.15) is 5.56 Å². The molecule has 8 heteroatoms. The van der Waals surface area contributed by atoms with Crippen molar-refractivity contribution in [2.24, 2.45) is 0 Å². The van der Waals surface area contributed by atoms with E-state index >= 15 is 0 Å². The van der Waals surface area contributed by atoms with E-state index in [4.69, 9.17) is 27.9 Å². The number of rotatable bonds is 3. The minimum atomic E-state index is -0.860. The molecule has 0 unspecified atom stereocenters. The zero-order valence-corrected chi connectivity index (χ0v) is 15.0. The number of carbonyl (C=O) groups is 3. The summed E-state index contributed by atoms with van der Waals surface area (Å²) < 4.78 is 5.12. The summed E-state index contributed by atoms with van der Waals surface area (Å²) in [6.07, 6.45) is 1.39. The first kappa shape index (κ1) is 18.0. The van der Waals surface area contributed by atoms with Crippen molar-refractivity contribution < 1.29 is 19.1 Å². The maximum Gasteiger partial charge on any atom is 0.335 e. The molecule has 2 aromatic rings. The van der Waals surface area contributed by atoms with Gasteiger partial charge in [-0.05, 0) is 42.0 Å². The lowest BCUT2D eigenvalue weighted by Gasteiger charge is -2.26. The first-order valence-electron chi connectivity index (χ1n) is 7.41. The number of carbonyl (C=O) groups excluding carboxylic acids is 3. The third kappa shape index (κ3) is 3.42. The Hall–Kier alpha value is -2.83. The predicted octanol–water partition coefficient (Wildman–Crippen LogP) is 3.67. The number of benzene rings is 2. The highest BCUT2D eigenvalue weighted by atomic mass is 35.5. The topological polar surface area (TPSA) is 75.7 Å². The SMILES string of the molecule is COc1cccc(/C=C2\C(=O)NC(=O)N(c3ccc(Cl)c(Cl)c3)C2=O)c1. The fraction of sp³-hybridized carbons (Fsp3) is 0.0556. The van der Waals surface area contributed by atoms with Crippen LogP contribution in [0, 0.1) is 0 Å². The Morgan fingerprint density at radius 1 is 1.04 bits per heavy atom. The summed E-state index contributed by atoms with van der Waals surface area (Å²) in [7, 11) is 1.51. The monoisotopic (exact) mass is 390 g/mol. The van der Waals surface area contributed by atoms with Crippen LogP contribution in [0.15, 0.2) is 48.0 Å². The number of amides is 4. The molecule has 1 N–H and O–H groups in total. The van der Waals surface area contributed by atoms with Crippen LogP contribution in [0.3, 0.4) is 0 Å². The number of ether oxygens (including phenoxy) is 1. The maximum absolute atomic E-state index is 12.8. The summed E-state index contributed by atoms with van der Waals surface area (Å²) in [4.78, 5) is 37.9. The Bertz CT molecular complexity index is 956. The summed E-state index contributed by atoms with van der Waals surface area (Å²) in [6, 6.07) is 10.3. The number of anilines is 1. The van der Waals surface area contributed by atoms with Gasteiger partial charge in [-0.1, -0.05) is 35.3 Å². The van der Waals surface area contributed by atoms with Crippen molar-refractivity contribution >= 4 is 52.8 Å². The fourth-order valence-electron chi connectivity index (χ4n) is 2.41. The highest BCUT2D eigenvalue weighted by molar-refractivity contribution is 6.43. The molecule has 26 heavy (non-hydrogen) atoms. The quantitative estimate of drug-likeness (QED) is 0.640. The lowest BCUT2D eigenvalue weighted by molar-refractivity contribution is -0.122. The molecule has 0 atom stereocenters. The molecule has 4 amide bonds. The molecule has 2 aromatic carbocycles. The lowest BCUT2D eigenvalue weighted by Crippen LogP contribution is -2.54. The number of methoxy groups -OCH3 is 1. The minimum absolute atomic E-state index is 0.181. The van der Waals surface area contributed by atoms with Crippen LogP contribution in [0.25, 0.3) is 6.08 Å². The van der Waals surface area contributed by atoms with E-state index in [2.05, 4.69) is 5.32 Å². The van der Waals surface area contributed by atoms with Gasteiger partial charge in [0.15, 0.2) is 0 Å². The van der Waals surface area contributed by atoms with Gasteiger partial charge in [0, 0.05) is 0 Å². The summed E-state index contributed by atoms with van der Waals surface area (Å²) in [5, 5.41) is 2.60. The second-order valence-electron chi connectivity index (χ2n) is 5.33. The highest BCUT2D eigenvalue weighted by Crippen LogP contribution is 2.29. The number of halogens is 2. The molecule has 6 nitrogen and oxygen atoms in total. The largest absolute Gasteiger partial charge is 0.497 e. The summed E-state index contributed by atoms with van der Waals surface area (Å²) in [5.41, 5.74) is 0.584. The molecule has 3 rings (SSSR count). The fourth-order valence-corrected chi connectivity index (χ4v) is 2.71. The van der Waals surface area contributed by atoms with E-state index in [1.165, 1.54) is 31.4 Å². The first-order chi connectivity index (χ1) is 12.4. The second kappa shape index (κ2) is 7.19. The maximum atomic E-state index is 12.8. The summed E-state index contributed by atoms with van der Waals surface area (Å²) >= 11 is 11.8. The van der Waals surface area contributed by atoms with Crippen molar-refractivity contribution in [3.63, 3.8) is 0 Å². The second-order valence-corrected chi connectivity index (χ2v) is 6.15. The van der Waals surface area contributed by atoms with Crippen molar-refractivity contribution in [3.8, 4) is 5.75 Å². The average molecular weight is 391 g/mol. The first-order valence-corrected chi connectivity index (χ1v) is 8.17. The molecule has 1 heterocycles. The molecule has 0 radical (unpaired) electrons. The number of urea groups is 1. The van der Waals surface area contributed by atoms with Gasteiger partial charge in [0.05, 0.1) is 22.8 Å². The molecule has 0 aromatic heterocycles. The van der Waals surface area contributed by atoms with Gasteiger partial charge in [-0.15, -0.1) is 0 Å². The molecule has 0 bridgehead atoms. The third-order valence-electron chi connectivity index (χ3n) is 3.67. The van der Waals surface area contributed by atoms with Gasteiger partial charge in [-0.2, -0.15) is 0 Å². The van der Waals surface area contributed by atoms with Crippen LogP contribution in [0.2, 0.25) is 10.0 Å². The van der Waals surface area contributed by atoms with E-state index in [1.54, 1.807) is 24.3 Å². The molecule has 0 aliphatic carbocycles. The van der Waals surface area contributed by atoms with Crippen LogP contribution in [0.5, 0.6) is 5.75 Å². The van der Waals surface area contributed by atoms with Gasteiger partial charge in [-0.3, -0.25) is 14.9 Å². The van der Waals surface area contributed by atoms with E-state index in [9.17, 15) is 14.4 Å². The predicted molar refractivity (Wildman–Crippen MR) is 98.5 cm³/mol. The Labute approximate surface area is 158 Å². The van der Waals surface area contributed by atoms with Crippen molar-refractivity contribution in [3.05, 3.63) is 63.6 Å². The van der Waals surface area contributed by atoms with Gasteiger partial charge in [0.25, 0.3) is 11.8 Å². The van der Waals surface area contributed by atoms with Gasteiger partial charge in [0.1, 0.15) is 11.3 Å². The van der Waals surface area contributed by atoms with Crippen LogP contribution >= 0.6 is 23.2 Å². The molecular weight excluding hydrogens is 379 g/mol. The van der Waals surface area contributed by atoms with Crippen LogP contribution < -0.4 is 15.0 Å². The van der Waals surface area contributed by atoms with E-state index < -0.39 is 17.8 Å². The Morgan fingerprint density at radius 2 is 1.81 bits per heavy atom. The number of nitrogens with zero attached hydrogens (tertiary/aromatic N) is 1. The minimum Gasteiger partial charge on any atom is -0.497 e. The van der Waals surface area contributed by atoms with Crippen molar-refractivity contribution in [1.29, 1.82) is 0 Å². The molecule has 132 valence electrons. The van der Waals surface area contributed by atoms with Crippen LogP contribution in [-0.2, 0) is 9.59 Å². The van der Waals surface area contributed by atoms with Crippen molar-refractivity contribution in [1.82, 2.24) is 5.32 Å². The number of barbiturate groups is 1. The smallest absolute Gasteiger partial charge is 0.335 e. The normalized spacial score (nSPS) is 16.0. The van der Waals surface area contributed by atoms with E-state index in [1.807, 2.05) is 0 Å². The van der Waals surface area contributed by atoms with Gasteiger partial charge >= 0.3 is 6.03 Å². The summed E-state index contributed by atoms with van der Waals surface area (Å²) in [6.45, 7) is 0. The highest BCUT2D eigenvalue weighted by Gasteiger charge is 2.37. The Balaban J connectivity index is 2.02. The zero-order chi connectivity index (χ0) is 18.8. The number of imide groups is 2.